The molecule has 2 N–H and O–H groups in total. The van der Waals surface area contributed by atoms with Gasteiger partial charge in [-0.15, -0.1) is 0 Å². The molecule has 4 aliphatic rings. The van der Waals surface area contributed by atoms with Crippen molar-refractivity contribution in [1.82, 2.24) is 20.2 Å². The van der Waals surface area contributed by atoms with Gasteiger partial charge in [-0.25, -0.2) is 9.80 Å². The van der Waals surface area contributed by atoms with Crippen molar-refractivity contribution < 1.29 is 14.7 Å². The summed E-state index contributed by atoms with van der Waals surface area (Å²) in [5.41, 5.74) is 4.46. The predicted molar refractivity (Wildman–Crippen MR) is 117 cm³/mol. The van der Waals surface area contributed by atoms with Crippen molar-refractivity contribution >= 4 is 12.0 Å². The Bertz CT molecular complexity index is 838. The van der Waals surface area contributed by atoms with Crippen LogP contribution in [-0.4, -0.2) is 69.7 Å². The highest BCUT2D eigenvalue weighted by Crippen LogP contribution is 2.56. The van der Waals surface area contributed by atoms with Crippen LogP contribution in [0.5, 0.6) is 0 Å². The molecule has 0 aromatic heterocycles. The first kappa shape index (κ1) is 20.8. The Labute approximate surface area is 184 Å². The Balaban J connectivity index is 1.23. The molecule has 2 amide bonds. The Morgan fingerprint density at radius 3 is 2.55 bits per heavy atom. The van der Waals surface area contributed by atoms with E-state index in [0.717, 1.165) is 51.7 Å². The number of carbonyl (C=O) groups excluding carboxylic acids is 1. The van der Waals surface area contributed by atoms with Crippen LogP contribution in [0.25, 0.3) is 0 Å². The van der Waals surface area contributed by atoms with Gasteiger partial charge in [-0.1, -0.05) is 43.7 Å². The van der Waals surface area contributed by atoms with E-state index in [0.29, 0.717) is 31.5 Å². The number of rotatable bonds is 4. The highest BCUT2D eigenvalue weighted by molar-refractivity contribution is 5.79. The summed E-state index contributed by atoms with van der Waals surface area (Å²) in [5.74, 6) is 0.716. The highest BCUT2D eigenvalue weighted by atomic mass is 16.4. The number of hydrogen-bond acceptors (Lipinski definition) is 4. The standard InChI is InChI=1S/C24H34N4O3/c1-2-19-20(14-23(19)8-11-27(17-23)22(30)31)26-12-9-24(10-13-26)15-21(29)25-28(24)16-18-6-4-3-5-7-18/h3-7,19-20H,2,8-17H2,1H3,(H,25,29)(H,30,31). The average Bonchev–Trinajstić information content (AvgIpc) is 3.32. The van der Waals surface area contributed by atoms with E-state index in [2.05, 4.69) is 34.4 Å². The maximum atomic E-state index is 12.3. The van der Waals surface area contributed by atoms with Gasteiger partial charge < -0.3 is 10.0 Å². The lowest BCUT2D eigenvalue weighted by atomic mass is 9.54. The van der Waals surface area contributed by atoms with Gasteiger partial charge in [-0.2, -0.15) is 0 Å². The molecule has 1 aliphatic carbocycles. The zero-order valence-electron chi connectivity index (χ0n) is 18.4. The van der Waals surface area contributed by atoms with Gasteiger partial charge in [0.2, 0.25) is 5.91 Å². The lowest BCUT2D eigenvalue weighted by Crippen LogP contribution is -2.63. The molecule has 31 heavy (non-hydrogen) atoms. The van der Waals surface area contributed by atoms with Gasteiger partial charge in [0.15, 0.2) is 0 Å². The SMILES string of the molecule is CCC1C(N2CCC3(CC2)CC(=O)NN3Cc2ccccc2)CC12CCN(C(=O)O)C2. The fourth-order valence-corrected chi connectivity index (χ4v) is 6.97. The van der Waals surface area contributed by atoms with Crippen LogP contribution >= 0.6 is 0 Å². The number of carboxylic acid groups (broad SMARTS) is 1. The molecular formula is C24H34N4O3. The lowest BCUT2D eigenvalue weighted by molar-refractivity contribution is -0.121. The van der Waals surface area contributed by atoms with Crippen molar-refractivity contribution in [1.29, 1.82) is 0 Å². The number of hydrazine groups is 1. The van der Waals surface area contributed by atoms with Crippen molar-refractivity contribution in [3.8, 4) is 0 Å². The number of piperidine rings is 1. The molecule has 0 radical (unpaired) electrons. The van der Waals surface area contributed by atoms with Crippen molar-refractivity contribution in [3.63, 3.8) is 0 Å². The Morgan fingerprint density at radius 1 is 1.16 bits per heavy atom. The number of nitrogens with one attached hydrogen (secondary N) is 1. The number of hydrogen-bond donors (Lipinski definition) is 2. The zero-order valence-corrected chi connectivity index (χ0v) is 18.4. The molecule has 7 nitrogen and oxygen atoms in total. The normalized spacial score (nSPS) is 33.1. The fourth-order valence-electron chi connectivity index (χ4n) is 6.97. The van der Waals surface area contributed by atoms with E-state index in [9.17, 15) is 14.7 Å². The smallest absolute Gasteiger partial charge is 0.407 e. The molecule has 3 saturated heterocycles. The second-order valence-electron chi connectivity index (χ2n) is 10.1. The van der Waals surface area contributed by atoms with Gasteiger partial charge in [0.05, 0.1) is 5.54 Å². The molecule has 3 unspecified atom stereocenters. The van der Waals surface area contributed by atoms with Crippen LogP contribution < -0.4 is 5.43 Å². The van der Waals surface area contributed by atoms with E-state index in [1.807, 2.05) is 18.2 Å². The monoisotopic (exact) mass is 426 g/mol. The molecule has 1 aromatic carbocycles. The van der Waals surface area contributed by atoms with Gasteiger partial charge in [0, 0.05) is 45.2 Å². The van der Waals surface area contributed by atoms with Crippen LogP contribution in [0.4, 0.5) is 4.79 Å². The molecule has 1 saturated carbocycles. The van der Waals surface area contributed by atoms with E-state index in [1.54, 1.807) is 4.90 Å². The summed E-state index contributed by atoms with van der Waals surface area (Å²) >= 11 is 0. The quantitative estimate of drug-likeness (QED) is 0.774. The van der Waals surface area contributed by atoms with E-state index >= 15 is 0 Å². The average molecular weight is 427 g/mol. The summed E-state index contributed by atoms with van der Waals surface area (Å²) < 4.78 is 0. The molecule has 4 fully saturated rings. The van der Waals surface area contributed by atoms with Crippen molar-refractivity contribution in [2.45, 2.75) is 63.6 Å². The first-order valence-corrected chi connectivity index (χ1v) is 11.8. The van der Waals surface area contributed by atoms with Gasteiger partial charge in [0.1, 0.15) is 0 Å². The lowest BCUT2D eigenvalue weighted by Gasteiger charge is -2.59. The van der Waals surface area contributed by atoms with E-state index in [-0.39, 0.29) is 16.9 Å². The number of carbonyl (C=O) groups is 2. The highest BCUT2D eigenvalue weighted by Gasteiger charge is 2.59. The summed E-state index contributed by atoms with van der Waals surface area (Å²) in [5, 5.41) is 11.6. The third-order valence-corrected chi connectivity index (χ3v) is 8.67. The van der Waals surface area contributed by atoms with Crippen LogP contribution in [0.1, 0.15) is 51.0 Å². The Kier molecular flexibility index (Phi) is 5.21. The molecule has 1 aromatic rings. The van der Waals surface area contributed by atoms with E-state index < -0.39 is 6.09 Å². The fraction of sp³-hybridized carbons (Fsp3) is 0.667. The van der Waals surface area contributed by atoms with Gasteiger partial charge in [-0.3, -0.25) is 15.1 Å². The summed E-state index contributed by atoms with van der Waals surface area (Å²) in [6.45, 7) is 6.43. The molecule has 2 spiro atoms. The Morgan fingerprint density at radius 2 is 1.90 bits per heavy atom. The molecule has 0 bridgehead atoms. The summed E-state index contributed by atoms with van der Waals surface area (Å²) in [6, 6.07) is 10.9. The number of benzene rings is 1. The second kappa shape index (κ2) is 7.78. The molecule has 3 atom stereocenters. The van der Waals surface area contributed by atoms with Crippen molar-refractivity contribution in [2.75, 3.05) is 26.2 Å². The number of nitrogens with zero attached hydrogens (tertiary/aromatic N) is 3. The predicted octanol–water partition coefficient (Wildman–Crippen LogP) is 2.93. The van der Waals surface area contributed by atoms with Gasteiger partial charge >= 0.3 is 6.09 Å². The van der Waals surface area contributed by atoms with E-state index in [1.165, 1.54) is 5.56 Å². The molecule has 3 heterocycles. The maximum absolute atomic E-state index is 12.3. The molecule has 3 aliphatic heterocycles. The minimum Gasteiger partial charge on any atom is -0.465 e. The van der Waals surface area contributed by atoms with E-state index in [4.69, 9.17) is 0 Å². The van der Waals surface area contributed by atoms with Crippen LogP contribution in [0.3, 0.4) is 0 Å². The third kappa shape index (κ3) is 3.52. The molecular weight excluding hydrogens is 392 g/mol. The first-order valence-electron chi connectivity index (χ1n) is 11.8. The summed E-state index contributed by atoms with van der Waals surface area (Å²) in [6.07, 6.45) is 5.06. The van der Waals surface area contributed by atoms with Crippen LogP contribution in [0, 0.1) is 11.3 Å². The van der Waals surface area contributed by atoms with Crippen molar-refractivity contribution in [2.24, 2.45) is 11.3 Å². The van der Waals surface area contributed by atoms with Crippen LogP contribution in [0.15, 0.2) is 30.3 Å². The minimum absolute atomic E-state index is 0.0833. The second-order valence-corrected chi connectivity index (χ2v) is 10.1. The first-order chi connectivity index (χ1) is 14.9. The maximum Gasteiger partial charge on any atom is 0.407 e. The van der Waals surface area contributed by atoms with Gasteiger partial charge in [-0.05, 0) is 42.6 Å². The Hall–Kier alpha value is -2.12. The summed E-state index contributed by atoms with van der Waals surface area (Å²) in [4.78, 5) is 28.0. The molecule has 5 rings (SSSR count). The van der Waals surface area contributed by atoms with Crippen molar-refractivity contribution in [3.05, 3.63) is 35.9 Å². The minimum atomic E-state index is -0.771. The van der Waals surface area contributed by atoms with Crippen LogP contribution in [0.2, 0.25) is 0 Å². The largest absolute Gasteiger partial charge is 0.465 e. The topological polar surface area (TPSA) is 76.1 Å². The zero-order chi connectivity index (χ0) is 21.6. The third-order valence-electron chi connectivity index (χ3n) is 8.67. The van der Waals surface area contributed by atoms with Crippen LogP contribution in [-0.2, 0) is 11.3 Å². The number of amides is 2. The number of likely N-dealkylation sites (tertiary alicyclic amines) is 2. The van der Waals surface area contributed by atoms with Gasteiger partial charge in [0.25, 0.3) is 0 Å². The molecule has 168 valence electrons. The summed E-state index contributed by atoms with van der Waals surface area (Å²) in [7, 11) is 0. The molecule has 7 heteroatoms.